The lowest BCUT2D eigenvalue weighted by Crippen LogP contribution is -2.43. The number of aliphatic hydroxyl groups is 1. The molecule has 8 nitrogen and oxygen atoms in total. The summed E-state index contributed by atoms with van der Waals surface area (Å²) in [6, 6.07) is 2.13. The van der Waals surface area contributed by atoms with Crippen LogP contribution in [-0.4, -0.2) is 51.2 Å². The summed E-state index contributed by atoms with van der Waals surface area (Å²) in [5, 5.41) is 12.7. The molecular formula is C17H21N5O3. The topological polar surface area (TPSA) is 104 Å². The Morgan fingerprint density at radius 3 is 2.88 bits per heavy atom. The van der Waals surface area contributed by atoms with E-state index in [1.54, 1.807) is 13.3 Å². The quantitative estimate of drug-likeness (QED) is 0.854. The highest BCUT2D eigenvalue weighted by Gasteiger charge is 2.34. The van der Waals surface area contributed by atoms with Crippen LogP contribution in [-0.2, 0) is 0 Å². The van der Waals surface area contributed by atoms with Gasteiger partial charge in [0.15, 0.2) is 12.1 Å². The molecule has 0 aromatic carbocycles. The van der Waals surface area contributed by atoms with Gasteiger partial charge in [-0.3, -0.25) is 4.79 Å². The number of aliphatic hydroxyl groups excluding tert-OH is 1. The zero-order valence-electron chi connectivity index (χ0n) is 14.1. The van der Waals surface area contributed by atoms with Gasteiger partial charge in [-0.25, -0.2) is 15.0 Å². The molecule has 1 atom stereocenters. The third-order valence-corrected chi connectivity index (χ3v) is 5.01. The molecule has 1 unspecified atom stereocenters. The van der Waals surface area contributed by atoms with E-state index < -0.39 is 0 Å². The second-order valence-electron chi connectivity index (χ2n) is 6.79. The minimum atomic E-state index is -0.276. The second-order valence-corrected chi connectivity index (χ2v) is 6.79. The van der Waals surface area contributed by atoms with Crippen molar-refractivity contribution in [2.45, 2.75) is 44.2 Å². The lowest BCUT2D eigenvalue weighted by molar-refractivity contribution is 0.0902. The third-order valence-electron chi connectivity index (χ3n) is 5.01. The highest BCUT2D eigenvalue weighted by atomic mass is 16.3. The van der Waals surface area contributed by atoms with Gasteiger partial charge in [0.25, 0.3) is 5.91 Å². The highest BCUT2D eigenvalue weighted by Crippen LogP contribution is 2.37. The Kier molecular flexibility index (Phi) is 4.12. The van der Waals surface area contributed by atoms with E-state index in [1.807, 2.05) is 6.07 Å². The van der Waals surface area contributed by atoms with Crippen LogP contribution >= 0.6 is 0 Å². The smallest absolute Gasteiger partial charge is 0.273 e. The van der Waals surface area contributed by atoms with Crippen LogP contribution in [0.25, 0.3) is 0 Å². The number of hydrogen-bond donors (Lipinski definition) is 2. The first-order chi connectivity index (χ1) is 12.1. The average molecular weight is 343 g/mol. The highest BCUT2D eigenvalue weighted by molar-refractivity contribution is 5.93. The molecule has 2 aliphatic rings. The van der Waals surface area contributed by atoms with Gasteiger partial charge in [0.2, 0.25) is 0 Å². The lowest BCUT2D eigenvalue weighted by Gasteiger charge is -2.35. The third kappa shape index (κ3) is 3.21. The zero-order chi connectivity index (χ0) is 17.4. The molecule has 1 aliphatic heterocycles. The van der Waals surface area contributed by atoms with Crippen LogP contribution in [0.4, 0.5) is 5.82 Å². The lowest BCUT2D eigenvalue weighted by atomic mass is 9.78. The van der Waals surface area contributed by atoms with Crippen molar-refractivity contribution in [2.24, 2.45) is 0 Å². The van der Waals surface area contributed by atoms with Gasteiger partial charge < -0.3 is 19.7 Å². The summed E-state index contributed by atoms with van der Waals surface area (Å²) in [7, 11) is 0. The van der Waals surface area contributed by atoms with Gasteiger partial charge in [-0.05, 0) is 26.2 Å². The van der Waals surface area contributed by atoms with Crippen LogP contribution in [0.15, 0.2) is 23.2 Å². The SMILES string of the molecule is Cc1ocnc1C(=O)NC1CC(c2cc(N3CCC(O)C3)ncn2)C1. The van der Waals surface area contributed by atoms with Crippen molar-refractivity contribution in [2.75, 3.05) is 18.0 Å². The molecule has 0 bridgehead atoms. The second kappa shape index (κ2) is 6.44. The fraction of sp³-hybridized carbons (Fsp3) is 0.529. The van der Waals surface area contributed by atoms with Crippen LogP contribution in [0.2, 0.25) is 0 Å². The number of nitrogens with one attached hydrogen (secondary N) is 1. The molecule has 1 amide bonds. The summed E-state index contributed by atoms with van der Waals surface area (Å²) in [5.41, 5.74) is 1.34. The van der Waals surface area contributed by atoms with Crippen LogP contribution in [0, 0.1) is 6.92 Å². The first-order valence-corrected chi connectivity index (χ1v) is 8.56. The number of rotatable bonds is 4. The summed E-state index contributed by atoms with van der Waals surface area (Å²) in [6.45, 7) is 3.16. The molecule has 1 saturated carbocycles. The molecule has 0 spiro atoms. The fourth-order valence-corrected chi connectivity index (χ4v) is 3.46. The predicted molar refractivity (Wildman–Crippen MR) is 89.3 cm³/mol. The van der Waals surface area contributed by atoms with E-state index in [0.29, 0.717) is 23.9 Å². The molecule has 0 radical (unpaired) electrons. The Morgan fingerprint density at radius 1 is 1.36 bits per heavy atom. The number of amides is 1. The molecule has 2 N–H and O–H groups in total. The Labute approximate surface area is 145 Å². The summed E-state index contributed by atoms with van der Waals surface area (Å²) in [4.78, 5) is 26.9. The summed E-state index contributed by atoms with van der Waals surface area (Å²) in [6.07, 6.45) is 5.06. The average Bonchev–Trinajstić information content (AvgIpc) is 3.19. The largest absolute Gasteiger partial charge is 0.448 e. The molecular weight excluding hydrogens is 322 g/mol. The Hall–Kier alpha value is -2.48. The van der Waals surface area contributed by atoms with Crippen LogP contribution < -0.4 is 10.2 Å². The maximum absolute atomic E-state index is 12.1. The molecule has 2 aromatic rings. The van der Waals surface area contributed by atoms with Crippen LogP contribution in [0.3, 0.4) is 0 Å². The molecule has 25 heavy (non-hydrogen) atoms. The Morgan fingerprint density at radius 2 is 2.20 bits per heavy atom. The van der Waals surface area contributed by atoms with Gasteiger partial charge in [0, 0.05) is 36.8 Å². The fourth-order valence-electron chi connectivity index (χ4n) is 3.46. The Bertz CT molecular complexity index is 771. The van der Waals surface area contributed by atoms with Crippen molar-refractivity contribution >= 4 is 11.7 Å². The van der Waals surface area contributed by atoms with Crippen LogP contribution in [0.1, 0.15) is 47.1 Å². The first kappa shape index (κ1) is 16.0. The molecule has 2 fully saturated rings. The van der Waals surface area contributed by atoms with Crippen molar-refractivity contribution < 1.29 is 14.3 Å². The number of carbonyl (C=O) groups is 1. The number of aryl methyl sites for hydroxylation is 1. The summed E-state index contributed by atoms with van der Waals surface area (Å²) >= 11 is 0. The van der Waals surface area contributed by atoms with E-state index in [-0.39, 0.29) is 18.1 Å². The van der Waals surface area contributed by atoms with Gasteiger partial charge >= 0.3 is 0 Å². The van der Waals surface area contributed by atoms with Crippen LogP contribution in [0.5, 0.6) is 0 Å². The molecule has 3 heterocycles. The molecule has 2 aromatic heterocycles. The van der Waals surface area contributed by atoms with Crippen molar-refractivity contribution in [1.29, 1.82) is 0 Å². The Balaban J connectivity index is 1.35. The predicted octanol–water partition coefficient (Wildman–Crippen LogP) is 1.02. The van der Waals surface area contributed by atoms with Crippen molar-refractivity contribution in [3.05, 3.63) is 35.9 Å². The van der Waals surface area contributed by atoms with E-state index >= 15 is 0 Å². The van der Waals surface area contributed by atoms with E-state index in [0.717, 1.165) is 37.3 Å². The molecule has 1 aliphatic carbocycles. The molecule has 8 heteroatoms. The number of β-amino-alcohol motifs (C(OH)–C–C–N with tert-alkyl or cyclic N) is 1. The summed E-state index contributed by atoms with van der Waals surface area (Å²) in [5.74, 6) is 1.52. The first-order valence-electron chi connectivity index (χ1n) is 8.56. The number of nitrogens with zero attached hydrogens (tertiary/aromatic N) is 4. The van der Waals surface area contributed by atoms with Crippen molar-refractivity contribution in [3.8, 4) is 0 Å². The van der Waals surface area contributed by atoms with Gasteiger partial charge in [-0.1, -0.05) is 0 Å². The van der Waals surface area contributed by atoms with Gasteiger partial charge in [0.05, 0.1) is 6.10 Å². The van der Waals surface area contributed by atoms with Crippen molar-refractivity contribution in [3.63, 3.8) is 0 Å². The maximum Gasteiger partial charge on any atom is 0.273 e. The maximum atomic E-state index is 12.1. The standard InChI is InChI=1S/C17H21N5O3/c1-10-16(20-9-25-10)17(24)21-12-4-11(5-12)14-6-15(19-8-18-14)22-3-2-13(23)7-22/h6,8-9,11-13,23H,2-5,7H2,1H3,(H,21,24). The van der Waals surface area contributed by atoms with Crippen molar-refractivity contribution in [1.82, 2.24) is 20.3 Å². The minimum absolute atomic E-state index is 0.126. The van der Waals surface area contributed by atoms with E-state index in [1.165, 1.54) is 6.39 Å². The van der Waals surface area contributed by atoms with Gasteiger partial charge in [0.1, 0.15) is 17.9 Å². The van der Waals surface area contributed by atoms with Gasteiger partial charge in [-0.2, -0.15) is 0 Å². The number of hydrogen-bond acceptors (Lipinski definition) is 7. The minimum Gasteiger partial charge on any atom is -0.448 e. The number of oxazole rings is 1. The van der Waals surface area contributed by atoms with Gasteiger partial charge in [-0.15, -0.1) is 0 Å². The molecule has 1 saturated heterocycles. The molecule has 132 valence electrons. The zero-order valence-corrected chi connectivity index (χ0v) is 14.1. The number of carbonyl (C=O) groups excluding carboxylic acids is 1. The number of anilines is 1. The number of aromatic nitrogens is 3. The summed E-state index contributed by atoms with van der Waals surface area (Å²) < 4.78 is 5.07. The monoisotopic (exact) mass is 343 g/mol. The van der Waals surface area contributed by atoms with E-state index in [4.69, 9.17) is 4.42 Å². The van der Waals surface area contributed by atoms with E-state index in [9.17, 15) is 9.90 Å². The van der Waals surface area contributed by atoms with E-state index in [2.05, 4.69) is 25.2 Å². The molecule has 4 rings (SSSR count). The normalized spacial score (nSPS) is 25.7.